The third-order valence-corrected chi connectivity index (χ3v) is 4.07. The third kappa shape index (κ3) is 2.99. The van der Waals surface area contributed by atoms with Crippen molar-refractivity contribution in [3.05, 3.63) is 0 Å². The van der Waals surface area contributed by atoms with E-state index in [2.05, 4.69) is 4.90 Å². The van der Waals surface area contributed by atoms with Gasteiger partial charge in [0.2, 0.25) is 5.91 Å². The summed E-state index contributed by atoms with van der Waals surface area (Å²) in [5, 5.41) is 8.99. The first-order valence-corrected chi connectivity index (χ1v) is 6.86. The number of carbonyl (C=O) groups is 1. The molecule has 0 radical (unpaired) electrons. The summed E-state index contributed by atoms with van der Waals surface area (Å²) in [5.74, 6) is 0.665. The molecule has 17 heavy (non-hydrogen) atoms. The van der Waals surface area contributed by atoms with Crippen LogP contribution in [0.3, 0.4) is 0 Å². The SMILES string of the molecule is CC(C(=O)N1CCCCCC1)N1CC(CO)C1. The number of rotatable bonds is 3. The van der Waals surface area contributed by atoms with Crippen LogP contribution in [0.15, 0.2) is 0 Å². The number of carbonyl (C=O) groups excluding carboxylic acids is 1. The highest BCUT2D eigenvalue weighted by Crippen LogP contribution is 2.20. The fourth-order valence-electron chi connectivity index (χ4n) is 2.75. The fraction of sp³-hybridized carbons (Fsp3) is 0.923. The van der Waals surface area contributed by atoms with Gasteiger partial charge >= 0.3 is 0 Å². The third-order valence-electron chi connectivity index (χ3n) is 4.07. The van der Waals surface area contributed by atoms with Crippen molar-refractivity contribution in [2.24, 2.45) is 5.92 Å². The van der Waals surface area contributed by atoms with Crippen molar-refractivity contribution in [3.63, 3.8) is 0 Å². The van der Waals surface area contributed by atoms with Gasteiger partial charge in [0.1, 0.15) is 0 Å². The molecule has 0 aromatic heterocycles. The Hall–Kier alpha value is -0.610. The first kappa shape index (κ1) is 12.8. The fourth-order valence-corrected chi connectivity index (χ4v) is 2.75. The van der Waals surface area contributed by atoms with E-state index in [0.717, 1.165) is 39.0 Å². The van der Waals surface area contributed by atoms with Crippen LogP contribution in [0.4, 0.5) is 0 Å². The minimum atomic E-state index is -0.00380. The molecule has 2 heterocycles. The molecule has 2 aliphatic heterocycles. The smallest absolute Gasteiger partial charge is 0.239 e. The zero-order valence-electron chi connectivity index (χ0n) is 10.8. The van der Waals surface area contributed by atoms with E-state index in [1.807, 2.05) is 11.8 Å². The van der Waals surface area contributed by atoms with Gasteiger partial charge in [-0.15, -0.1) is 0 Å². The van der Waals surface area contributed by atoms with Gasteiger partial charge in [-0.05, 0) is 19.8 Å². The van der Waals surface area contributed by atoms with Crippen LogP contribution in [-0.4, -0.2) is 59.6 Å². The van der Waals surface area contributed by atoms with Crippen LogP contribution < -0.4 is 0 Å². The molecular formula is C13H24N2O2. The summed E-state index contributed by atoms with van der Waals surface area (Å²) in [7, 11) is 0. The largest absolute Gasteiger partial charge is 0.396 e. The van der Waals surface area contributed by atoms with Crippen molar-refractivity contribution < 1.29 is 9.90 Å². The number of likely N-dealkylation sites (tertiary alicyclic amines) is 2. The van der Waals surface area contributed by atoms with Gasteiger partial charge in [0, 0.05) is 38.7 Å². The molecular weight excluding hydrogens is 216 g/mol. The quantitative estimate of drug-likeness (QED) is 0.790. The lowest BCUT2D eigenvalue weighted by Crippen LogP contribution is -2.57. The molecule has 0 spiro atoms. The number of amides is 1. The zero-order valence-corrected chi connectivity index (χ0v) is 10.8. The Morgan fingerprint density at radius 2 is 1.82 bits per heavy atom. The summed E-state index contributed by atoms with van der Waals surface area (Å²) in [5.41, 5.74) is 0. The molecule has 98 valence electrons. The summed E-state index contributed by atoms with van der Waals surface area (Å²) in [6.07, 6.45) is 4.82. The Labute approximate surface area is 104 Å². The van der Waals surface area contributed by atoms with E-state index >= 15 is 0 Å². The van der Waals surface area contributed by atoms with Crippen LogP contribution >= 0.6 is 0 Å². The topological polar surface area (TPSA) is 43.8 Å². The second-order valence-electron chi connectivity index (χ2n) is 5.42. The average molecular weight is 240 g/mol. The van der Waals surface area contributed by atoms with Crippen molar-refractivity contribution in [3.8, 4) is 0 Å². The second-order valence-corrected chi connectivity index (χ2v) is 5.42. The molecule has 0 saturated carbocycles. The molecule has 2 saturated heterocycles. The summed E-state index contributed by atoms with van der Waals surface area (Å²) in [6.45, 7) is 5.86. The molecule has 0 aromatic rings. The predicted octanol–water partition coefficient (Wildman–Crippen LogP) is 0.702. The molecule has 0 bridgehead atoms. The van der Waals surface area contributed by atoms with Crippen LogP contribution in [0.25, 0.3) is 0 Å². The molecule has 4 nitrogen and oxygen atoms in total. The Morgan fingerprint density at radius 1 is 1.24 bits per heavy atom. The monoisotopic (exact) mass is 240 g/mol. The van der Waals surface area contributed by atoms with Crippen LogP contribution in [0.2, 0.25) is 0 Å². The van der Waals surface area contributed by atoms with Gasteiger partial charge in [-0.25, -0.2) is 0 Å². The van der Waals surface area contributed by atoms with E-state index in [1.165, 1.54) is 12.8 Å². The molecule has 2 fully saturated rings. The van der Waals surface area contributed by atoms with Crippen LogP contribution in [-0.2, 0) is 4.79 Å². The molecule has 1 amide bonds. The molecule has 1 N–H and O–H groups in total. The standard InChI is InChI=1S/C13H24N2O2/c1-11(15-8-12(9-15)10-16)13(17)14-6-4-2-3-5-7-14/h11-12,16H,2-10H2,1H3. The Bertz CT molecular complexity index is 256. The maximum absolute atomic E-state index is 12.3. The number of hydrogen-bond donors (Lipinski definition) is 1. The van der Waals surface area contributed by atoms with E-state index in [1.54, 1.807) is 0 Å². The molecule has 1 atom stereocenters. The van der Waals surface area contributed by atoms with Gasteiger partial charge < -0.3 is 10.0 Å². The van der Waals surface area contributed by atoms with Crippen molar-refractivity contribution in [1.82, 2.24) is 9.80 Å². The van der Waals surface area contributed by atoms with Crippen molar-refractivity contribution >= 4 is 5.91 Å². The number of nitrogens with zero attached hydrogens (tertiary/aromatic N) is 2. The molecule has 0 aromatic carbocycles. The molecule has 2 rings (SSSR count). The van der Waals surface area contributed by atoms with E-state index in [0.29, 0.717) is 5.92 Å². The second kappa shape index (κ2) is 5.83. The van der Waals surface area contributed by atoms with Gasteiger partial charge in [0.05, 0.1) is 6.04 Å². The highest BCUT2D eigenvalue weighted by Gasteiger charge is 2.34. The highest BCUT2D eigenvalue weighted by atomic mass is 16.3. The highest BCUT2D eigenvalue weighted by molar-refractivity contribution is 5.81. The Morgan fingerprint density at radius 3 is 2.35 bits per heavy atom. The lowest BCUT2D eigenvalue weighted by Gasteiger charge is -2.42. The van der Waals surface area contributed by atoms with Crippen LogP contribution in [0, 0.1) is 5.92 Å². The lowest BCUT2D eigenvalue weighted by atomic mass is 9.98. The maximum Gasteiger partial charge on any atom is 0.239 e. The zero-order chi connectivity index (χ0) is 12.3. The number of aliphatic hydroxyl groups excluding tert-OH is 1. The van der Waals surface area contributed by atoms with Crippen LogP contribution in [0.5, 0.6) is 0 Å². The van der Waals surface area contributed by atoms with Crippen LogP contribution in [0.1, 0.15) is 32.6 Å². The summed E-state index contributed by atoms with van der Waals surface area (Å²) >= 11 is 0. The predicted molar refractivity (Wildman–Crippen MR) is 66.7 cm³/mol. The van der Waals surface area contributed by atoms with Gasteiger partial charge in [-0.2, -0.15) is 0 Å². The first-order chi connectivity index (χ1) is 8.22. The maximum atomic E-state index is 12.3. The van der Waals surface area contributed by atoms with E-state index in [9.17, 15) is 4.79 Å². The molecule has 0 aliphatic carbocycles. The van der Waals surface area contributed by atoms with Gasteiger partial charge in [-0.1, -0.05) is 12.8 Å². The summed E-state index contributed by atoms with van der Waals surface area (Å²) < 4.78 is 0. The minimum absolute atomic E-state index is 0.00380. The lowest BCUT2D eigenvalue weighted by molar-refractivity contribution is -0.139. The average Bonchev–Trinajstić information content (AvgIpc) is 2.55. The summed E-state index contributed by atoms with van der Waals surface area (Å²) in [6, 6.07) is -0.00380. The number of aliphatic hydroxyl groups is 1. The van der Waals surface area contributed by atoms with E-state index < -0.39 is 0 Å². The summed E-state index contributed by atoms with van der Waals surface area (Å²) in [4.78, 5) is 16.5. The van der Waals surface area contributed by atoms with Gasteiger partial charge in [-0.3, -0.25) is 9.69 Å². The van der Waals surface area contributed by atoms with E-state index in [4.69, 9.17) is 5.11 Å². The van der Waals surface area contributed by atoms with Gasteiger partial charge in [0.15, 0.2) is 0 Å². The van der Waals surface area contributed by atoms with Crippen molar-refractivity contribution in [1.29, 1.82) is 0 Å². The minimum Gasteiger partial charge on any atom is -0.396 e. The first-order valence-electron chi connectivity index (χ1n) is 6.86. The molecule has 1 unspecified atom stereocenters. The van der Waals surface area contributed by atoms with Gasteiger partial charge in [0.25, 0.3) is 0 Å². The normalized spacial score (nSPS) is 25.2. The van der Waals surface area contributed by atoms with Crippen molar-refractivity contribution in [2.45, 2.75) is 38.6 Å². The molecule has 2 aliphatic rings. The number of hydrogen-bond acceptors (Lipinski definition) is 3. The Balaban J connectivity index is 1.82. The van der Waals surface area contributed by atoms with E-state index in [-0.39, 0.29) is 18.6 Å². The Kier molecular flexibility index (Phi) is 4.40. The van der Waals surface area contributed by atoms with Crippen molar-refractivity contribution in [2.75, 3.05) is 32.8 Å². The molecule has 4 heteroatoms.